The summed E-state index contributed by atoms with van der Waals surface area (Å²) >= 11 is 2.97. The summed E-state index contributed by atoms with van der Waals surface area (Å²) in [4.78, 5) is 35.2. The molecule has 0 unspecified atom stereocenters. The van der Waals surface area contributed by atoms with Crippen molar-refractivity contribution in [2.75, 3.05) is 25.4 Å². The summed E-state index contributed by atoms with van der Waals surface area (Å²) in [5.41, 5.74) is 1.14. The van der Waals surface area contributed by atoms with Crippen LogP contribution < -0.4 is 5.56 Å². The van der Waals surface area contributed by atoms with Crippen molar-refractivity contribution < 1.29 is 13.9 Å². The van der Waals surface area contributed by atoms with Gasteiger partial charge < -0.3 is 14.1 Å². The third kappa shape index (κ3) is 4.25. The number of amides is 1. The summed E-state index contributed by atoms with van der Waals surface area (Å²) in [5.74, 6) is 1.61. The zero-order valence-electron chi connectivity index (χ0n) is 18.3. The van der Waals surface area contributed by atoms with Gasteiger partial charge in [-0.3, -0.25) is 14.2 Å². The molecule has 0 N–H and O–H groups in total. The van der Waals surface area contributed by atoms with E-state index < -0.39 is 0 Å². The van der Waals surface area contributed by atoms with Gasteiger partial charge in [0.15, 0.2) is 5.16 Å². The number of ether oxygens (including phenoxy) is 1. The molecule has 3 aromatic heterocycles. The average Bonchev–Trinajstić information content (AvgIpc) is 3.41. The molecule has 0 bridgehead atoms. The topological polar surface area (TPSA) is 77.6 Å². The van der Waals surface area contributed by atoms with E-state index in [1.807, 2.05) is 24.0 Å². The van der Waals surface area contributed by atoms with E-state index >= 15 is 0 Å². The van der Waals surface area contributed by atoms with Crippen molar-refractivity contribution >= 4 is 39.2 Å². The van der Waals surface area contributed by atoms with Crippen molar-refractivity contribution in [2.24, 2.45) is 5.92 Å². The van der Waals surface area contributed by atoms with Crippen LogP contribution in [0.4, 0.5) is 0 Å². The lowest BCUT2D eigenvalue weighted by Crippen LogP contribution is -2.45. The van der Waals surface area contributed by atoms with Gasteiger partial charge in [-0.1, -0.05) is 18.7 Å². The Hall–Kier alpha value is -2.10. The van der Waals surface area contributed by atoms with E-state index in [-0.39, 0.29) is 23.3 Å². The van der Waals surface area contributed by atoms with Crippen LogP contribution in [0.5, 0.6) is 0 Å². The highest BCUT2D eigenvalue weighted by atomic mass is 32.2. The van der Waals surface area contributed by atoms with Crippen molar-refractivity contribution in [3.05, 3.63) is 45.0 Å². The molecule has 0 aromatic carbocycles. The average molecular weight is 474 g/mol. The molecule has 2 atom stereocenters. The molecule has 1 saturated heterocycles. The molecule has 1 aliphatic heterocycles. The van der Waals surface area contributed by atoms with Crippen molar-refractivity contribution in [3.63, 3.8) is 0 Å². The number of hydrogen-bond donors (Lipinski definition) is 0. The van der Waals surface area contributed by atoms with Crippen LogP contribution in [0, 0.1) is 5.92 Å². The van der Waals surface area contributed by atoms with E-state index in [1.54, 1.807) is 22.2 Å². The first kappa shape index (κ1) is 21.7. The second-order valence-corrected chi connectivity index (χ2v) is 10.7. The number of aryl methyl sites for hydroxylation is 1. The maximum Gasteiger partial charge on any atom is 0.263 e. The van der Waals surface area contributed by atoms with E-state index in [2.05, 4.69) is 6.92 Å². The Labute approximate surface area is 194 Å². The molecule has 2 aliphatic rings. The van der Waals surface area contributed by atoms with Gasteiger partial charge >= 0.3 is 0 Å². The fourth-order valence-electron chi connectivity index (χ4n) is 4.48. The predicted octanol–water partition coefficient (Wildman–Crippen LogP) is 3.56. The largest absolute Gasteiger partial charge is 0.467 e. The first-order valence-electron chi connectivity index (χ1n) is 11.1. The number of thiophene rings is 1. The van der Waals surface area contributed by atoms with E-state index in [1.165, 1.54) is 22.2 Å². The van der Waals surface area contributed by atoms with E-state index in [9.17, 15) is 9.59 Å². The molecule has 4 heterocycles. The highest BCUT2D eigenvalue weighted by Gasteiger charge is 2.26. The standard InChI is InChI=1S/C23H27N3O4S2/c1-14-5-6-17-18(10-14)32-21-20(17)22(28)26(12-16-4-3-8-30-16)23(24-21)31-13-19(27)25-7-9-29-15(2)11-25/h3-4,8,14-15H,5-7,9-13H2,1-2H3/t14-,15-/m1/s1. The quantitative estimate of drug-likeness (QED) is 0.417. The lowest BCUT2D eigenvalue weighted by Gasteiger charge is -2.31. The van der Waals surface area contributed by atoms with Crippen molar-refractivity contribution in [1.82, 2.24) is 14.5 Å². The first-order valence-corrected chi connectivity index (χ1v) is 12.9. The maximum absolute atomic E-state index is 13.6. The Kier molecular flexibility index (Phi) is 6.14. The van der Waals surface area contributed by atoms with Gasteiger partial charge in [-0.25, -0.2) is 4.98 Å². The molecule has 0 saturated carbocycles. The Morgan fingerprint density at radius 1 is 1.38 bits per heavy atom. The number of carbonyl (C=O) groups excluding carboxylic acids is 1. The minimum absolute atomic E-state index is 0.0339. The van der Waals surface area contributed by atoms with Crippen LogP contribution in [0.1, 0.15) is 36.5 Å². The molecule has 1 fully saturated rings. The summed E-state index contributed by atoms with van der Waals surface area (Å²) in [6.45, 7) is 6.30. The molecule has 7 nitrogen and oxygen atoms in total. The van der Waals surface area contributed by atoms with Gasteiger partial charge in [0.2, 0.25) is 5.91 Å². The van der Waals surface area contributed by atoms with E-state index in [4.69, 9.17) is 14.1 Å². The number of thioether (sulfide) groups is 1. The minimum Gasteiger partial charge on any atom is -0.467 e. The molecular weight excluding hydrogens is 446 g/mol. The molecule has 9 heteroatoms. The second kappa shape index (κ2) is 9.03. The van der Waals surface area contributed by atoms with E-state index in [0.29, 0.717) is 43.1 Å². The fourth-order valence-corrected chi connectivity index (χ4v) is 6.80. The number of aromatic nitrogens is 2. The smallest absolute Gasteiger partial charge is 0.263 e. The van der Waals surface area contributed by atoms with Crippen molar-refractivity contribution in [2.45, 2.75) is 50.9 Å². The first-order chi connectivity index (χ1) is 15.5. The number of furan rings is 1. The molecule has 1 amide bonds. The van der Waals surface area contributed by atoms with Gasteiger partial charge in [0.05, 0.1) is 36.7 Å². The van der Waals surface area contributed by atoms with Crippen LogP contribution >= 0.6 is 23.1 Å². The number of fused-ring (bicyclic) bond motifs is 3. The van der Waals surface area contributed by atoms with Crippen LogP contribution in [0.2, 0.25) is 0 Å². The third-order valence-corrected chi connectivity index (χ3v) is 8.30. The van der Waals surface area contributed by atoms with Gasteiger partial charge in [-0.15, -0.1) is 11.3 Å². The van der Waals surface area contributed by atoms with Crippen molar-refractivity contribution in [1.29, 1.82) is 0 Å². The summed E-state index contributed by atoms with van der Waals surface area (Å²) in [5, 5.41) is 1.32. The Balaban J connectivity index is 1.48. The molecule has 170 valence electrons. The molecule has 0 radical (unpaired) electrons. The summed E-state index contributed by atoms with van der Waals surface area (Å²) < 4.78 is 12.7. The third-order valence-electron chi connectivity index (χ3n) is 6.19. The fraction of sp³-hybridized carbons (Fsp3) is 0.522. The zero-order chi connectivity index (χ0) is 22.2. The SMILES string of the molecule is C[C@@H]1CCc2c(sc3nc(SCC(=O)N4CCO[C@H](C)C4)n(Cc4ccco4)c(=O)c23)C1. The Morgan fingerprint density at radius 2 is 2.25 bits per heavy atom. The lowest BCUT2D eigenvalue weighted by atomic mass is 9.89. The highest BCUT2D eigenvalue weighted by molar-refractivity contribution is 7.99. The monoisotopic (exact) mass is 473 g/mol. The number of hydrogen-bond acceptors (Lipinski definition) is 7. The van der Waals surface area contributed by atoms with Crippen LogP contribution in [0.3, 0.4) is 0 Å². The summed E-state index contributed by atoms with van der Waals surface area (Å²) in [6, 6.07) is 3.67. The zero-order valence-corrected chi connectivity index (χ0v) is 20.0. The molecule has 5 rings (SSSR count). The molecule has 32 heavy (non-hydrogen) atoms. The van der Waals surface area contributed by atoms with Gasteiger partial charge in [-0.2, -0.15) is 0 Å². The van der Waals surface area contributed by atoms with Crippen LogP contribution in [0.25, 0.3) is 10.2 Å². The van der Waals surface area contributed by atoms with Crippen LogP contribution in [0.15, 0.2) is 32.8 Å². The normalized spacial score (nSPS) is 21.1. The number of nitrogens with zero attached hydrogens (tertiary/aromatic N) is 3. The minimum atomic E-state index is -0.0339. The van der Waals surface area contributed by atoms with Crippen LogP contribution in [-0.4, -0.2) is 51.9 Å². The van der Waals surface area contributed by atoms with Crippen molar-refractivity contribution in [3.8, 4) is 0 Å². The highest BCUT2D eigenvalue weighted by Crippen LogP contribution is 2.36. The number of carbonyl (C=O) groups is 1. The summed E-state index contributed by atoms with van der Waals surface area (Å²) in [6.07, 6.45) is 4.68. The molecule has 3 aromatic rings. The maximum atomic E-state index is 13.6. The molecule has 1 aliphatic carbocycles. The van der Waals surface area contributed by atoms with Crippen LogP contribution in [-0.2, 0) is 28.9 Å². The predicted molar refractivity (Wildman–Crippen MR) is 126 cm³/mol. The van der Waals surface area contributed by atoms with Gasteiger partial charge in [0, 0.05) is 18.0 Å². The Bertz CT molecular complexity index is 1180. The van der Waals surface area contributed by atoms with E-state index in [0.717, 1.165) is 29.5 Å². The second-order valence-electron chi connectivity index (χ2n) is 8.71. The number of rotatable bonds is 5. The van der Waals surface area contributed by atoms with Gasteiger partial charge in [0.25, 0.3) is 5.56 Å². The Morgan fingerprint density at radius 3 is 3.03 bits per heavy atom. The number of morpholine rings is 1. The lowest BCUT2D eigenvalue weighted by molar-refractivity contribution is -0.135. The summed E-state index contributed by atoms with van der Waals surface area (Å²) in [7, 11) is 0. The van der Waals surface area contributed by atoms with Gasteiger partial charge in [0.1, 0.15) is 10.6 Å². The molecule has 0 spiro atoms. The molecular formula is C23H27N3O4S2. The van der Waals surface area contributed by atoms with Gasteiger partial charge in [-0.05, 0) is 49.8 Å².